The number of hydrogen-bond acceptors (Lipinski definition) is 7. The summed E-state index contributed by atoms with van der Waals surface area (Å²) >= 11 is 1.13. The monoisotopic (exact) mass is 526 g/mol. The number of aliphatic carboxylic acids is 1. The molecule has 0 aliphatic heterocycles. The summed E-state index contributed by atoms with van der Waals surface area (Å²) in [5.74, 6) is 0.889. The Hall–Kier alpha value is -3.47. The predicted octanol–water partition coefficient (Wildman–Crippen LogP) is 4.83. The maximum atomic E-state index is 12.6. The normalized spacial score (nSPS) is 11.5. The topological polar surface area (TPSA) is 119 Å². The fraction of sp³-hybridized carbons (Fsp3) is 0.231. The molecule has 0 aliphatic rings. The number of carboxylic acid groups (broad SMARTS) is 1. The number of ether oxygens (including phenoxy) is 1. The molecule has 4 aromatic rings. The van der Waals surface area contributed by atoms with Crippen LogP contribution in [0.25, 0.3) is 11.5 Å². The highest BCUT2D eigenvalue weighted by Gasteiger charge is 2.17. The van der Waals surface area contributed by atoms with Crippen molar-refractivity contribution in [3.63, 3.8) is 0 Å². The summed E-state index contributed by atoms with van der Waals surface area (Å²) in [4.78, 5) is 15.6. The van der Waals surface area contributed by atoms with Crippen LogP contribution in [0.15, 0.2) is 74.7 Å². The number of sulfonamides is 1. The molecule has 188 valence electrons. The minimum absolute atomic E-state index is 0.0115. The molecule has 0 unspecified atom stereocenters. The fourth-order valence-corrected chi connectivity index (χ4v) is 5.64. The zero-order chi connectivity index (χ0) is 25.5. The van der Waals surface area contributed by atoms with Gasteiger partial charge in [0, 0.05) is 30.5 Å². The van der Waals surface area contributed by atoms with E-state index in [4.69, 9.17) is 14.3 Å². The van der Waals surface area contributed by atoms with Gasteiger partial charge in [-0.3, -0.25) is 4.79 Å². The first-order chi connectivity index (χ1) is 17.3. The molecule has 8 nitrogen and oxygen atoms in total. The molecule has 4 rings (SSSR count). The number of thiophene rings is 1. The van der Waals surface area contributed by atoms with Crippen LogP contribution in [0.4, 0.5) is 0 Å². The molecule has 2 heterocycles. The molecule has 36 heavy (non-hydrogen) atoms. The fourth-order valence-electron chi connectivity index (χ4n) is 3.60. The van der Waals surface area contributed by atoms with Gasteiger partial charge in [0.25, 0.3) is 0 Å². The average molecular weight is 527 g/mol. The van der Waals surface area contributed by atoms with Gasteiger partial charge in [0.15, 0.2) is 0 Å². The van der Waals surface area contributed by atoms with Crippen LogP contribution >= 0.6 is 11.3 Å². The molecule has 0 fully saturated rings. The van der Waals surface area contributed by atoms with Crippen molar-refractivity contribution in [2.24, 2.45) is 0 Å². The molecule has 10 heteroatoms. The van der Waals surface area contributed by atoms with E-state index in [1.54, 1.807) is 29.6 Å². The number of nitrogens with one attached hydrogen (secondary N) is 1. The lowest BCUT2D eigenvalue weighted by atomic mass is 10.1. The van der Waals surface area contributed by atoms with Crippen molar-refractivity contribution in [3.05, 3.63) is 88.6 Å². The minimum atomic E-state index is -3.67. The van der Waals surface area contributed by atoms with Gasteiger partial charge in [-0.25, -0.2) is 18.1 Å². The number of carbonyl (C=O) groups is 1. The van der Waals surface area contributed by atoms with Crippen LogP contribution in [0.1, 0.15) is 29.0 Å². The summed E-state index contributed by atoms with van der Waals surface area (Å²) in [6.07, 6.45) is 0.819. The van der Waals surface area contributed by atoms with E-state index < -0.39 is 16.0 Å². The number of benzene rings is 2. The highest BCUT2D eigenvalue weighted by atomic mass is 32.2. The highest BCUT2D eigenvalue weighted by Crippen LogP contribution is 2.25. The molecular formula is C26H26N2O6S2. The highest BCUT2D eigenvalue weighted by molar-refractivity contribution is 7.91. The van der Waals surface area contributed by atoms with E-state index in [-0.39, 0.29) is 17.2 Å². The number of aryl methyl sites for hydroxylation is 2. The lowest BCUT2D eigenvalue weighted by Gasteiger charge is -2.14. The first-order valence-corrected chi connectivity index (χ1v) is 13.7. The van der Waals surface area contributed by atoms with E-state index in [0.29, 0.717) is 42.4 Å². The number of oxazole rings is 1. The van der Waals surface area contributed by atoms with Crippen molar-refractivity contribution in [2.45, 2.75) is 36.9 Å². The van der Waals surface area contributed by atoms with Gasteiger partial charge in [0.1, 0.15) is 15.7 Å². The van der Waals surface area contributed by atoms with Gasteiger partial charge < -0.3 is 14.3 Å². The van der Waals surface area contributed by atoms with Crippen LogP contribution in [0.2, 0.25) is 0 Å². The van der Waals surface area contributed by atoms with Gasteiger partial charge in [-0.2, -0.15) is 0 Å². The third-order valence-corrected chi connectivity index (χ3v) is 8.27. The second-order valence-corrected chi connectivity index (χ2v) is 11.0. The summed E-state index contributed by atoms with van der Waals surface area (Å²) in [6.45, 7) is 2.18. The van der Waals surface area contributed by atoms with Gasteiger partial charge in [0.05, 0.1) is 12.3 Å². The number of hydrogen-bond donors (Lipinski definition) is 2. The molecular weight excluding hydrogens is 500 g/mol. The molecule has 0 amide bonds. The number of nitrogens with zero attached hydrogens (tertiary/aromatic N) is 1. The van der Waals surface area contributed by atoms with E-state index in [1.807, 2.05) is 37.3 Å². The third kappa shape index (κ3) is 6.60. The molecule has 0 saturated carbocycles. The van der Waals surface area contributed by atoms with Crippen LogP contribution in [-0.2, 0) is 34.2 Å². The largest absolute Gasteiger partial charge is 0.493 e. The molecule has 0 aliphatic carbocycles. The van der Waals surface area contributed by atoms with Crippen molar-refractivity contribution in [1.82, 2.24) is 9.71 Å². The van der Waals surface area contributed by atoms with Gasteiger partial charge >= 0.3 is 5.97 Å². The number of rotatable bonds is 12. The van der Waals surface area contributed by atoms with Crippen LogP contribution in [0.3, 0.4) is 0 Å². The van der Waals surface area contributed by atoms with E-state index in [1.165, 1.54) is 6.07 Å². The number of aromatic nitrogens is 1. The van der Waals surface area contributed by atoms with Crippen LogP contribution in [0, 0.1) is 6.92 Å². The minimum Gasteiger partial charge on any atom is -0.493 e. The molecule has 2 N–H and O–H groups in total. The third-order valence-electron chi connectivity index (χ3n) is 5.47. The maximum absolute atomic E-state index is 12.6. The molecule has 2 aromatic carbocycles. The van der Waals surface area contributed by atoms with Crippen molar-refractivity contribution in [2.75, 3.05) is 6.61 Å². The van der Waals surface area contributed by atoms with Crippen LogP contribution in [-0.4, -0.2) is 31.1 Å². The zero-order valence-electron chi connectivity index (χ0n) is 19.6. The smallest absolute Gasteiger partial charge is 0.303 e. The second-order valence-electron chi connectivity index (χ2n) is 8.08. The maximum Gasteiger partial charge on any atom is 0.303 e. The molecule has 0 atom stereocenters. The summed E-state index contributed by atoms with van der Waals surface area (Å²) in [6, 6.07) is 18.2. The Balaban J connectivity index is 1.46. The van der Waals surface area contributed by atoms with Crippen molar-refractivity contribution in [1.29, 1.82) is 0 Å². The molecule has 0 saturated heterocycles. The first kappa shape index (κ1) is 25.6. The predicted molar refractivity (Wildman–Crippen MR) is 137 cm³/mol. The molecule has 0 bridgehead atoms. The van der Waals surface area contributed by atoms with E-state index in [9.17, 15) is 13.2 Å². The summed E-state index contributed by atoms with van der Waals surface area (Å²) in [5, 5.41) is 10.7. The quantitative estimate of drug-likeness (QED) is 0.271. The lowest BCUT2D eigenvalue weighted by Crippen LogP contribution is -2.23. The molecule has 0 radical (unpaired) electrons. The molecule has 0 spiro atoms. The van der Waals surface area contributed by atoms with Crippen molar-refractivity contribution in [3.8, 4) is 17.2 Å². The Morgan fingerprint density at radius 1 is 1.11 bits per heavy atom. The van der Waals surface area contributed by atoms with Gasteiger partial charge in [-0.1, -0.05) is 36.4 Å². The Morgan fingerprint density at radius 2 is 1.92 bits per heavy atom. The summed E-state index contributed by atoms with van der Waals surface area (Å²) < 4.78 is 39.9. The standard InChI is InChI=1S/C26H26N2O6S2/c1-18-22(28-26(34-18)20-6-3-2-4-7-20)13-14-33-23-11-9-19(10-12-24(29)30)16-21(23)17-27-36(31,32)25-8-5-15-35-25/h2-9,11,15-16,27H,10,12-14,17H2,1H3,(H,29,30). The molecule has 2 aromatic heterocycles. The van der Waals surface area contributed by atoms with Crippen molar-refractivity contribution >= 4 is 27.3 Å². The Kier molecular flexibility index (Phi) is 8.19. The van der Waals surface area contributed by atoms with Crippen LogP contribution in [0.5, 0.6) is 5.75 Å². The Bertz CT molecular complexity index is 1410. The Labute approximate surface area is 213 Å². The van der Waals surface area contributed by atoms with E-state index in [2.05, 4.69) is 9.71 Å². The van der Waals surface area contributed by atoms with Gasteiger partial charge in [-0.05, 0) is 48.6 Å². The van der Waals surface area contributed by atoms with Gasteiger partial charge in [-0.15, -0.1) is 11.3 Å². The van der Waals surface area contributed by atoms with Crippen LogP contribution < -0.4 is 9.46 Å². The van der Waals surface area contributed by atoms with Crippen molar-refractivity contribution < 1.29 is 27.5 Å². The zero-order valence-corrected chi connectivity index (χ0v) is 21.3. The van der Waals surface area contributed by atoms with E-state index >= 15 is 0 Å². The van der Waals surface area contributed by atoms with Gasteiger partial charge in [0.2, 0.25) is 15.9 Å². The lowest BCUT2D eigenvalue weighted by molar-refractivity contribution is -0.136. The van der Waals surface area contributed by atoms with E-state index in [0.717, 1.165) is 28.2 Å². The Morgan fingerprint density at radius 3 is 2.64 bits per heavy atom. The SMILES string of the molecule is Cc1oc(-c2ccccc2)nc1CCOc1ccc(CCC(=O)O)cc1CNS(=O)(=O)c1cccs1. The summed E-state index contributed by atoms with van der Waals surface area (Å²) in [7, 11) is -3.67. The first-order valence-electron chi connectivity index (χ1n) is 11.3. The average Bonchev–Trinajstić information content (AvgIpc) is 3.54. The second kappa shape index (κ2) is 11.5. The number of carboxylic acids is 1. The summed E-state index contributed by atoms with van der Waals surface area (Å²) in [5.41, 5.74) is 3.09.